The van der Waals surface area contributed by atoms with E-state index in [1.807, 2.05) is 0 Å². The van der Waals surface area contributed by atoms with Crippen molar-refractivity contribution in [2.45, 2.75) is 6.92 Å². The van der Waals surface area contributed by atoms with Crippen LogP contribution in [-0.2, 0) is 18.8 Å². The van der Waals surface area contributed by atoms with Gasteiger partial charge >= 0.3 is 16.4 Å². The molecular weight excluding hydrogens is 208 g/mol. The molecule has 0 radical (unpaired) electrons. The molecule has 0 aliphatic rings. The lowest BCUT2D eigenvalue weighted by Gasteiger charge is -2.02. The van der Waals surface area contributed by atoms with Gasteiger partial charge in [-0.3, -0.25) is 9.35 Å². The Morgan fingerprint density at radius 2 is 2.17 bits per heavy atom. The van der Waals surface area contributed by atoms with Gasteiger partial charge in [-0.1, -0.05) is 6.92 Å². The number of hydrogen-bond donors (Lipinski definition) is 2. The molecule has 0 bridgehead atoms. The van der Waals surface area contributed by atoms with Crippen molar-refractivity contribution in [2.75, 3.05) is 5.75 Å². The van der Waals surface area contributed by atoms with Crippen molar-refractivity contribution >= 4 is 28.4 Å². The Labute approximate surface area is 74.1 Å². The van der Waals surface area contributed by atoms with E-state index in [2.05, 4.69) is 3.63 Å². The van der Waals surface area contributed by atoms with Crippen LogP contribution in [0.15, 0.2) is 0 Å². The van der Waals surface area contributed by atoms with Crippen LogP contribution in [0.4, 0.5) is 0 Å². The predicted octanol–water partition coefficient (Wildman–Crippen LogP) is 0.175. The van der Waals surface area contributed by atoms with Crippen LogP contribution in [0.25, 0.3) is 0 Å². The lowest BCUT2D eigenvalue weighted by molar-refractivity contribution is -0.140. The molecule has 1 atom stereocenters. The second kappa shape index (κ2) is 4.65. The Morgan fingerprint density at radius 1 is 1.67 bits per heavy atom. The fourth-order valence-electron chi connectivity index (χ4n) is 0.262. The van der Waals surface area contributed by atoms with Gasteiger partial charge < -0.3 is 5.11 Å². The third-order valence-corrected chi connectivity index (χ3v) is 2.58. The quantitative estimate of drug-likeness (QED) is 0.499. The van der Waals surface area contributed by atoms with E-state index in [1.54, 1.807) is 0 Å². The van der Waals surface area contributed by atoms with Crippen LogP contribution in [0.1, 0.15) is 6.92 Å². The topological polar surface area (TPSA) is 101 Å². The Kier molecular flexibility index (Phi) is 4.53. The molecule has 0 rings (SSSR count). The summed E-state index contributed by atoms with van der Waals surface area (Å²) < 4.78 is 31.8. The molecule has 8 heteroatoms. The summed E-state index contributed by atoms with van der Waals surface area (Å²) in [5.41, 5.74) is 0. The highest BCUT2D eigenvalue weighted by atomic mass is 32.3. The molecule has 72 valence electrons. The summed E-state index contributed by atoms with van der Waals surface area (Å²) in [5, 5.41) is 8.33. The molecule has 0 spiro atoms. The van der Waals surface area contributed by atoms with E-state index in [0.717, 1.165) is 0 Å². The maximum absolute atomic E-state index is 10.2. The first-order chi connectivity index (χ1) is 5.33. The first kappa shape index (κ1) is 11.7. The van der Waals surface area contributed by atoms with Crippen LogP contribution in [0.2, 0.25) is 0 Å². The fraction of sp³-hybridized carbons (Fsp3) is 0.750. The summed E-state index contributed by atoms with van der Waals surface area (Å²) in [5.74, 6) is -1.83. The molecule has 0 amide bonds. The molecule has 12 heavy (non-hydrogen) atoms. The normalized spacial score (nSPS) is 14.2. The van der Waals surface area contributed by atoms with Gasteiger partial charge in [0.1, 0.15) is 0 Å². The molecule has 0 aliphatic carbocycles. The van der Waals surface area contributed by atoms with Crippen LogP contribution >= 0.6 is 12.0 Å². The van der Waals surface area contributed by atoms with E-state index in [-0.39, 0.29) is 5.75 Å². The van der Waals surface area contributed by atoms with Crippen LogP contribution in [0.5, 0.6) is 0 Å². The molecular formula is C4H8O6S2. The smallest absolute Gasteiger partial charge is 0.408 e. The minimum absolute atomic E-state index is 0.0465. The van der Waals surface area contributed by atoms with Gasteiger partial charge in [-0.2, -0.15) is 12.0 Å². The van der Waals surface area contributed by atoms with Crippen LogP contribution in [-0.4, -0.2) is 29.8 Å². The number of carboxylic acids is 1. The molecule has 0 aromatic heterocycles. The highest BCUT2D eigenvalue weighted by molar-refractivity contribution is 8.02. The monoisotopic (exact) mass is 216 g/mol. The number of carbonyl (C=O) groups is 1. The first-order valence-electron chi connectivity index (χ1n) is 2.84. The first-order valence-corrected chi connectivity index (χ1v) is 5.12. The van der Waals surface area contributed by atoms with Gasteiger partial charge in [-0.05, 0) is 0 Å². The third-order valence-electron chi connectivity index (χ3n) is 0.874. The zero-order valence-electron chi connectivity index (χ0n) is 6.13. The van der Waals surface area contributed by atoms with E-state index in [4.69, 9.17) is 9.66 Å². The second-order valence-electron chi connectivity index (χ2n) is 2.02. The minimum atomic E-state index is -4.48. The Morgan fingerprint density at radius 3 is 2.50 bits per heavy atom. The number of carboxylic acid groups (broad SMARTS) is 1. The molecule has 0 saturated heterocycles. The summed E-state index contributed by atoms with van der Waals surface area (Å²) in [6.07, 6.45) is 0. The average Bonchev–Trinajstić information content (AvgIpc) is 1.84. The summed E-state index contributed by atoms with van der Waals surface area (Å²) in [6, 6.07) is 0. The Bertz CT molecular complexity index is 244. The van der Waals surface area contributed by atoms with Gasteiger partial charge in [0.15, 0.2) is 0 Å². The second-order valence-corrected chi connectivity index (χ2v) is 3.99. The molecule has 0 fully saturated rings. The standard InChI is InChI=1S/C4H8O6S2/c1-3(4(5)6)2-11-10-12(7,8)9/h3H,2H2,1H3,(H,5,6)(H,7,8,9). The zero-order valence-corrected chi connectivity index (χ0v) is 7.76. The van der Waals surface area contributed by atoms with Crippen LogP contribution in [0.3, 0.4) is 0 Å². The molecule has 6 nitrogen and oxygen atoms in total. The summed E-state index contributed by atoms with van der Waals surface area (Å²) in [4.78, 5) is 10.2. The molecule has 1 unspecified atom stereocenters. The van der Waals surface area contributed by atoms with Crippen molar-refractivity contribution in [1.29, 1.82) is 0 Å². The number of hydrogen-bond acceptors (Lipinski definition) is 5. The summed E-state index contributed by atoms with van der Waals surface area (Å²) in [6.45, 7) is 1.39. The lowest BCUT2D eigenvalue weighted by Crippen LogP contribution is -2.12. The molecule has 0 saturated carbocycles. The molecule has 0 aromatic rings. The fourth-order valence-corrected chi connectivity index (χ4v) is 1.32. The van der Waals surface area contributed by atoms with Gasteiger partial charge in [0, 0.05) is 17.8 Å². The molecule has 2 N–H and O–H groups in total. The summed E-state index contributed by atoms with van der Waals surface area (Å²) >= 11 is 0.378. The van der Waals surface area contributed by atoms with E-state index in [0.29, 0.717) is 12.0 Å². The van der Waals surface area contributed by atoms with Gasteiger partial charge in [-0.15, -0.1) is 0 Å². The predicted molar refractivity (Wildman–Crippen MR) is 41.9 cm³/mol. The largest absolute Gasteiger partial charge is 0.481 e. The maximum atomic E-state index is 10.2. The minimum Gasteiger partial charge on any atom is -0.481 e. The van der Waals surface area contributed by atoms with Crippen LogP contribution < -0.4 is 0 Å². The van der Waals surface area contributed by atoms with E-state index >= 15 is 0 Å². The van der Waals surface area contributed by atoms with Gasteiger partial charge in [0.2, 0.25) is 0 Å². The van der Waals surface area contributed by atoms with Gasteiger partial charge in [-0.25, -0.2) is 0 Å². The van der Waals surface area contributed by atoms with E-state index in [9.17, 15) is 13.2 Å². The van der Waals surface area contributed by atoms with Crippen molar-refractivity contribution in [3.8, 4) is 0 Å². The number of aliphatic carboxylic acids is 1. The molecule has 0 aliphatic heterocycles. The molecule has 0 heterocycles. The van der Waals surface area contributed by atoms with Crippen molar-refractivity contribution in [3.63, 3.8) is 0 Å². The third kappa shape index (κ3) is 6.40. The van der Waals surface area contributed by atoms with Crippen molar-refractivity contribution < 1.29 is 26.5 Å². The lowest BCUT2D eigenvalue weighted by atomic mass is 10.2. The van der Waals surface area contributed by atoms with Crippen molar-refractivity contribution in [3.05, 3.63) is 0 Å². The summed E-state index contributed by atoms with van der Waals surface area (Å²) in [7, 11) is -4.48. The zero-order chi connectivity index (χ0) is 9.78. The Balaban J connectivity index is 3.65. The number of rotatable bonds is 5. The SMILES string of the molecule is CC(CSOS(=O)(=O)O)C(=O)O. The highest BCUT2D eigenvalue weighted by Gasteiger charge is 2.13. The average molecular weight is 216 g/mol. The van der Waals surface area contributed by atoms with E-state index < -0.39 is 22.3 Å². The Hall–Kier alpha value is -0.310. The molecule has 0 aromatic carbocycles. The van der Waals surface area contributed by atoms with E-state index in [1.165, 1.54) is 6.92 Å². The van der Waals surface area contributed by atoms with Crippen molar-refractivity contribution in [2.24, 2.45) is 5.92 Å². The highest BCUT2D eigenvalue weighted by Crippen LogP contribution is 2.11. The van der Waals surface area contributed by atoms with Crippen LogP contribution in [0, 0.1) is 5.92 Å². The van der Waals surface area contributed by atoms with Crippen molar-refractivity contribution in [1.82, 2.24) is 0 Å². The van der Waals surface area contributed by atoms with Gasteiger partial charge in [0.05, 0.1) is 5.92 Å². The maximum Gasteiger partial charge on any atom is 0.408 e. The van der Waals surface area contributed by atoms with Gasteiger partial charge in [0.25, 0.3) is 0 Å².